The first-order valence-electron chi connectivity index (χ1n) is 3.22. The van der Waals surface area contributed by atoms with Crippen LogP contribution in [0.15, 0.2) is 15.5 Å². The van der Waals surface area contributed by atoms with Crippen LogP contribution in [0.2, 0.25) is 0 Å². The Kier molecular flexibility index (Phi) is 2.92. The molecule has 0 aliphatic heterocycles. The second-order valence-electron chi connectivity index (χ2n) is 2.21. The Morgan fingerprint density at radius 3 is 2.62 bits per heavy atom. The molecule has 0 unspecified atom stereocenters. The minimum atomic E-state index is -2.96. The number of hydrogen-bond donors (Lipinski definition) is 1. The highest BCUT2D eigenvalue weighted by Gasteiger charge is 2.18. The van der Waals surface area contributed by atoms with Gasteiger partial charge in [-0.05, 0) is 15.9 Å². The van der Waals surface area contributed by atoms with E-state index in [0.29, 0.717) is 0 Å². The number of carbonyl (C=O) groups is 1. The van der Waals surface area contributed by atoms with Crippen LogP contribution >= 0.6 is 15.9 Å². The number of aromatic amines is 1. The van der Waals surface area contributed by atoms with Gasteiger partial charge in [0.05, 0.1) is 15.7 Å². The number of aldehydes is 1. The molecule has 1 aromatic heterocycles. The molecule has 0 amide bonds. The standard InChI is InChI=1S/C7H4BrF2NO2/c8-3-1-11-4(2-12)5(6(3)13)7(9)10/h1-2,7H,(H,11,13). The summed E-state index contributed by atoms with van der Waals surface area (Å²) in [5, 5.41) is 0. The van der Waals surface area contributed by atoms with E-state index in [2.05, 4.69) is 20.9 Å². The smallest absolute Gasteiger partial charge is 0.269 e. The lowest BCUT2D eigenvalue weighted by molar-refractivity contribution is 0.110. The molecule has 0 saturated carbocycles. The van der Waals surface area contributed by atoms with Crippen LogP contribution in [0.4, 0.5) is 8.78 Å². The van der Waals surface area contributed by atoms with Gasteiger partial charge < -0.3 is 4.98 Å². The van der Waals surface area contributed by atoms with Gasteiger partial charge in [0.25, 0.3) is 6.43 Å². The van der Waals surface area contributed by atoms with Gasteiger partial charge in [-0.25, -0.2) is 8.78 Å². The molecule has 0 bridgehead atoms. The van der Waals surface area contributed by atoms with Crippen molar-refractivity contribution in [2.45, 2.75) is 6.43 Å². The van der Waals surface area contributed by atoms with Crippen molar-refractivity contribution in [1.29, 1.82) is 0 Å². The van der Waals surface area contributed by atoms with E-state index in [-0.39, 0.29) is 16.5 Å². The minimum Gasteiger partial charge on any atom is -0.357 e. The molecule has 0 aliphatic rings. The highest BCUT2D eigenvalue weighted by Crippen LogP contribution is 2.18. The van der Waals surface area contributed by atoms with Gasteiger partial charge in [-0.3, -0.25) is 9.59 Å². The molecule has 3 nitrogen and oxygen atoms in total. The van der Waals surface area contributed by atoms with E-state index in [1.165, 1.54) is 0 Å². The van der Waals surface area contributed by atoms with Crippen molar-refractivity contribution in [1.82, 2.24) is 4.98 Å². The highest BCUT2D eigenvalue weighted by atomic mass is 79.9. The number of rotatable bonds is 2. The van der Waals surface area contributed by atoms with Gasteiger partial charge in [0, 0.05) is 6.20 Å². The third-order valence-corrected chi connectivity index (χ3v) is 2.03. The minimum absolute atomic E-state index is 0.0200. The van der Waals surface area contributed by atoms with E-state index in [4.69, 9.17) is 0 Å². The predicted octanol–water partition coefficient (Wildman–Crippen LogP) is 1.89. The van der Waals surface area contributed by atoms with Gasteiger partial charge in [-0.1, -0.05) is 0 Å². The summed E-state index contributed by atoms with van der Waals surface area (Å²) >= 11 is 2.78. The fourth-order valence-corrected chi connectivity index (χ4v) is 1.18. The van der Waals surface area contributed by atoms with Crippen molar-refractivity contribution in [2.75, 3.05) is 0 Å². The summed E-state index contributed by atoms with van der Waals surface area (Å²) in [4.78, 5) is 23.6. The molecule has 1 rings (SSSR count). The van der Waals surface area contributed by atoms with Crippen molar-refractivity contribution in [3.05, 3.63) is 32.2 Å². The largest absolute Gasteiger partial charge is 0.357 e. The molecular weight excluding hydrogens is 248 g/mol. The average Bonchev–Trinajstić information content (AvgIpc) is 2.08. The topological polar surface area (TPSA) is 49.9 Å². The molecule has 0 spiro atoms. The molecule has 13 heavy (non-hydrogen) atoms. The molecule has 0 atom stereocenters. The van der Waals surface area contributed by atoms with Crippen LogP contribution in [0.25, 0.3) is 0 Å². The van der Waals surface area contributed by atoms with Gasteiger partial charge in [-0.15, -0.1) is 0 Å². The molecule has 70 valence electrons. The molecule has 0 aliphatic carbocycles. The molecular formula is C7H4BrF2NO2. The van der Waals surface area contributed by atoms with Crippen LogP contribution in [0.5, 0.6) is 0 Å². The molecule has 0 fully saturated rings. The quantitative estimate of drug-likeness (QED) is 0.817. The maximum absolute atomic E-state index is 12.3. The first-order chi connectivity index (χ1) is 6.07. The molecule has 1 N–H and O–H groups in total. The van der Waals surface area contributed by atoms with E-state index in [0.717, 1.165) is 6.20 Å². The third-order valence-electron chi connectivity index (χ3n) is 1.44. The summed E-state index contributed by atoms with van der Waals surface area (Å²) < 4.78 is 24.5. The summed E-state index contributed by atoms with van der Waals surface area (Å²) in [6.07, 6.45) is -1.62. The van der Waals surface area contributed by atoms with Crippen molar-refractivity contribution in [3.8, 4) is 0 Å². The Hall–Kier alpha value is -1.04. The Bertz CT molecular complexity index is 389. The highest BCUT2D eigenvalue weighted by molar-refractivity contribution is 9.10. The van der Waals surface area contributed by atoms with Crippen molar-refractivity contribution in [3.63, 3.8) is 0 Å². The van der Waals surface area contributed by atoms with Crippen LogP contribution in [0, 0.1) is 0 Å². The number of aromatic nitrogens is 1. The monoisotopic (exact) mass is 251 g/mol. The van der Waals surface area contributed by atoms with Crippen LogP contribution < -0.4 is 5.43 Å². The number of hydrogen-bond acceptors (Lipinski definition) is 2. The number of nitrogens with one attached hydrogen (secondary N) is 1. The lowest BCUT2D eigenvalue weighted by Crippen LogP contribution is -2.14. The molecule has 1 aromatic rings. The number of halogens is 3. The van der Waals surface area contributed by atoms with E-state index in [1.807, 2.05) is 0 Å². The summed E-state index contributed by atoms with van der Waals surface area (Å²) in [5.74, 6) is 0. The zero-order valence-corrected chi connectivity index (χ0v) is 7.77. The third kappa shape index (κ3) is 1.82. The van der Waals surface area contributed by atoms with Gasteiger partial charge in [0.15, 0.2) is 6.29 Å². The summed E-state index contributed by atoms with van der Waals surface area (Å²) in [7, 11) is 0. The van der Waals surface area contributed by atoms with Gasteiger partial charge in [0.1, 0.15) is 0 Å². The Morgan fingerprint density at radius 2 is 2.15 bits per heavy atom. The fraction of sp³-hybridized carbons (Fsp3) is 0.143. The second-order valence-corrected chi connectivity index (χ2v) is 3.07. The number of H-pyrrole nitrogens is 1. The summed E-state index contributed by atoms with van der Waals surface area (Å²) in [5.41, 5.74) is -2.05. The molecule has 0 aromatic carbocycles. The summed E-state index contributed by atoms with van der Waals surface area (Å²) in [6.45, 7) is 0. The summed E-state index contributed by atoms with van der Waals surface area (Å²) in [6, 6.07) is 0. The Morgan fingerprint density at radius 1 is 1.54 bits per heavy atom. The normalized spacial score (nSPS) is 10.5. The first kappa shape index (κ1) is 10.0. The second kappa shape index (κ2) is 3.78. The van der Waals surface area contributed by atoms with Gasteiger partial charge in [0.2, 0.25) is 5.43 Å². The van der Waals surface area contributed by atoms with Crippen molar-refractivity contribution >= 4 is 22.2 Å². The Balaban J connectivity index is 3.50. The zero-order chi connectivity index (χ0) is 10.0. The fourth-order valence-electron chi connectivity index (χ4n) is 0.850. The number of alkyl halides is 2. The maximum Gasteiger partial charge on any atom is 0.269 e. The van der Waals surface area contributed by atoms with Crippen LogP contribution in [0.1, 0.15) is 22.5 Å². The average molecular weight is 252 g/mol. The zero-order valence-electron chi connectivity index (χ0n) is 6.18. The lowest BCUT2D eigenvalue weighted by Gasteiger charge is -2.02. The lowest BCUT2D eigenvalue weighted by atomic mass is 10.2. The predicted molar refractivity (Wildman–Crippen MR) is 45.1 cm³/mol. The van der Waals surface area contributed by atoms with Crippen LogP contribution in [0.3, 0.4) is 0 Å². The SMILES string of the molecule is O=Cc1[nH]cc(Br)c(=O)c1C(F)F. The van der Waals surface area contributed by atoms with Crippen molar-refractivity contribution in [2.24, 2.45) is 0 Å². The molecule has 6 heteroatoms. The van der Waals surface area contributed by atoms with E-state index >= 15 is 0 Å². The number of carbonyl (C=O) groups excluding carboxylic acids is 1. The van der Waals surface area contributed by atoms with E-state index in [1.54, 1.807) is 0 Å². The van der Waals surface area contributed by atoms with E-state index < -0.39 is 17.4 Å². The Labute approximate surface area is 79.9 Å². The first-order valence-corrected chi connectivity index (χ1v) is 4.01. The van der Waals surface area contributed by atoms with Crippen LogP contribution in [-0.2, 0) is 0 Å². The van der Waals surface area contributed by atoms with E-state index in [9.17, 15) is 18.4 Å². The molecule has 1 heterocycles. The molecule has 0 saturated heterocycles. The van der Waals surface area contributed by atoms with Crippen molar-refractivity contribution < 1.29 is 13.6 Å². The molecule has 0 radical (unpaired) electrons. The van der Waals surface area contributed by atoms with Crippen LogP contribution in [-0.4, -0.2) is 11.3 Å². The van der Waals surface area contributed by atoms with Gasteiger partial charge in [-0.2, -0.15) is 0 Å². The van der Waals surface area contributed by atoms with Gasteiger partial charge >= 0.3 is 0 Å². The maximum atomic E-state index is 12.3. The number of pyridine rings is 1.